The number of hydrogen-bond donors (Lipinski definition) is 2. The van der Waals surface area contributed by atoms with Crippen molar-refractivity contribution >= 4 is 0 Å². The lowest BCUT2D eigenvalue weighted by Gasteiger charge is -2.29. The van der Waals surface area contributed by atoms with Gasteiger partial charge in [0.25, 0.3) is 0 Å². The quantitative estimate of drug-likeness (QED) is 0.793. The van der Waals surface area contributed by atoms with E-state index >= 15 is 0 Å². The zero-order valence-electron chi connectivity index (χ0n) is 12.5. The number of aliphatic hydroxyl groups excluding tert-OH is 2. The molecule has 0 radical (unpaired) electrons. The van der Waals surface area contributed by atoms with E-state index in [0.29, 0.717) is 5.92 Å². The Hall–Kier alpha value is -0.160. The van der Waals surface area contributed by atoms with E-state index in [0.717, 1.165) is 52.1 Å². The molecule has 0 spiro atoms. The Labute approximate surface area is 117 Å². The third-order valence-corrected chi connectivity index (χ3v) is 5.00. The second-order valence-corrected chi connectivity index (χ2v) is 6.95. The summed E-state index contributed by atoms with van der Waals surface area (Å²) >= 11 is 0. The molecule has 1 saturated carbocycles. The van der Waals surface area contributed by atoms with Gasteiger partial charge in [0.15, 0.2) is 0 Å². The molecule has 1 saturated heterocycles. The Balaban J connectivity index is 1.80. The molecule has 112 valence electrons. The zero-order valence-corrected chi connectivity index (χ0v) is 12.5. The molecular weight excluding hydrogens is 240 g/mol. The van der Waals surface area contributed by atoms with Gasteiger partial charge in [0.05, 0.1) is 12.7 Å². The van der Waals surface area contributed by atoms with Gasteiger partial charge in [-0.15, -0.1) is 0 Å². The molecule has 4 heteroatoms. The Morgan fingerprint density at radius 1 is 1.11 bits per heavy atom. The average molecular weight is 270 g/mol. The predicted octanol–water partition coefficient (Wildman–Crippen LogP) is 0.783. The molecule has 2 aliphatic rings. The van der Waals surface area contributed by atoms with Crippen LogP contribution in [0.3, 0.4) is 0 Å². The van der Waals surface area contributed by atoms with Gasteiger partial charge >= 0.3 is 0 Å². The summed E-state index contributed by atoms with van der Waals surface area (Å²) in [5.74, 6) is 0.444. The molecule has 2 unspecified atom stereocenters. The maximum Gasteiger partial charge on any atom is 0.0631 e. The van der Waals surface area contributed by atoms with Crippen molar-refractivity contribution in [2.24, 2.45) is 11.3 Å². The van der Waals surface area contributed by atoms with Crippen LogP contribution in [-0.2, 0) is 0 Å². The summed E-state index contributed by atoms with van der Waals surface area (Å²) in [6.45, 7) is 10.8. The van der Waals surface area contributed by atoms with Gasteiger partial charge in [-0.25, -0.2) is 0 Å². The van der Waals surface area contributed by atoms with Crippen LogP contribution < -0.4 is 0 Å². The number of hydrogen-bond acceptors (Lipinski definition) is 4. The second-order valence-electron chi connectivity index (χ2n) is 6.95. The Kier molecular flexibility index (Phi) is 5.23. The second kappa shape index (κ2) is 6.53. The zero-order chi connectivity index (χ0) is 13.9. The van der Waals surface area contributed by atoms with E-state index in [-0.39, 0.29) is 18.1 Å². The molecule has 2 atom stereocenters. The first kappa shape index (κ1) is 15.2. The van der Waals surface area contributed by atoms with Crippen LogP contribution in [0.15, 0.2) is 0 Å². The van der Waals surface area contributed by atoms with Gasteiger partial charge in [-0.1, -0.05) is 13.8 Å². The first-order valence-corrected chi connectivity index (χ1v) is 7.76. The van der Waals surface area contributed by atoms with E-state index in [4.69, 9.17) is 5.11 Å². The van der Waals surface area contributed by atoms with Gasteiger partial charge in [-0.2, -0.15) is 0 Å². The summed E-state index contributed by atoms with van der Waals surface area (Å²) in [6, 6.07) is 0. The minimum absolute atomic E-state index is 0.0967. The molecule has 0 bridgehead atoms. The van der Waals surface area contributed by atoms with Crippen molar-refractivity contribution in [2.45, 2.75) is 39.2 Å². The lowest BCUT2D eigenvalue weighted by Crippen LogP contribution is -2.38. The van der Waals surface area contributed by atoms with Crippen LogP contribution in [0.1, 0.15) is 33.1 Å². The van der Waals surface area contributed by atoms with Crippen molar-refractivity contribution in [3.05, 3.63) is 0 Å². The van der Waals surface area contributed by atoms with E-state index in [9.17, 15) is 5.11 Å². The molecule has 1 aliphatic heterocycles. The van der Waals surface area contributed by atoms with Crippen LogP contribution in [-0.4, -0.2) is 72.0 Å². The van der Waals surface area contributed by atoms with Crippen LogP contribution >= 0.6 is 0 Å². The van der Waals surface area contributed by atoms with Gasteiger partial charge in [0.2, 0.25) is 0 Å². The molecule has 0 amide bonds. The van der Waals surface area contributed by atoms with Gasteiger partial charge in [-0.3, -0.25) is 4.90 Å². The molecule has 4 nitrogen and oxygen atoms in total. The molecular formula is C15H30N2O2. The highest BCUT2D eigenvalue weighted by Gasteiger charge is 2.41. The Morgan fingerprint density at radius 2 is 1.79 bits per heavy atom. The van der Waals surface area contributed by atoms with Crippen molar-refractivity contribution in [3.63, 3.8) is 0 Å². The molecule has 1 aliphatic carbocycles. The van der Waals surface area contributed by atoms with Gasteiger partial charge < -0.3 is 15.1 Å². The minimum atomic E-state index is -0.149. The van der Waals surface area contributed by atoms with Gasteiger partial charge in [0.1, 0.15) is 0 Å². The molecule has 19 heavy (non-hydrogen) atoms. The molecule has 2 fully saturated rings. The van der Waals surface area contributed by atoms with Gasteiger partial charge in [0, 0.05) is 26.2 Å². The summed E-state index contributed by atoms with van der Waals surface area (Å²) in [5.41, 5.74) is 0.0967. The lowest BCUT2D eigenvalue weighted by molar-refractivity contribution is 0.0330. The van der Waals surface area contributed by atoms with Crippen LogP contribution in [0.25, 0.3) is 0 Å². The van der Waals surface area contributed by atoms with Crippen LogP contribution in [0.4, 0.5) is 0 Å². The third kappa shape index (κ3) is 3.91. The number of β-amino-alcohol motifs (C(OH)–C–C–N with tert-alkyl or cyclic N) is 1. The first-order chi connectivity index (χ1) is 9.03. The predicted molar refractivity (Wildman–Crippen MR) is 77.1 cm³/mol. The van der Waals surface area contributed by atoms with Crippen molar-refractivity contribution in [1.29, 1.82) is 0 Å². The number of aliphatic hydroxyl groups is 2. The van der Waals surface area contributed by atoms with Gasteiger partial charge in [-0.05, 0) is 43.7 Å². The van der Waals surface area contributed by atoms with Crippen LogP contribution in [0, 0.1) is 11.3 Å². The molecule has 1 heterocycles. The minimum Gasteiger partial charge on any atom is -0.395 e. The average Bonchev–Trinajstić information content (AvgIpc) is 2.57. The van der Waals surface area contributed by atoms with Crippen LogP contribution in [0.5, 0.6) is 0 Å². The highest BCUT2D eigenvalue weighted by atomic mass is 16.3. The number of nitrogens with zero attached hydrogens (tertiary/aromatic N) is 2. The van der Waals surface area contributed by atoms with Crippen molar-refractivity contribution in [3.8, 4) is 0 Å². The molecule has 2 N–H and O–H groups in total. The highest BCUT2D eigenvalue weighted by Crippen LogP contribution is 2.41. The maximum atomic E-state index is 10.4. The van der Waals surface area contributed by atoms with E-state index in [1.165, 1.54) is 6.42 Å². The fourth-order valence-corrected chi connectivity index (χ4v) is 3.60. The maximum absolute atomic E-state index is 10.4. The van der Waals surface area contributed by atoms with E-state index in [1.54, 1.807) is 0 Å². The fourth-order valence-electron chi connectivity index (χ4n) is 3.60. The monoisotopic (exact) mass is 270 g/mol. The Morgan fingerprint density at radius 3 is 2.42 bits per heavy atom. The van der Waals surface area contributed by atoms with Crippen molar-refractivity contribution < 1.29 is 10.2 Å². The third-order valence-electron chi connectivity index (χ3n) is 5.00. The summed E-state index contributed by atoms with van der Waals surface area (Å²) in [6.07, 6.45) is 3.32. The molecule has 0 aromatic heterocycles. The fraction of sp³-hybridized carbons (Fsp3) is 1.00. The first-order valence-electron chi connectivity index (χ1n) is 7.76. The summed E-state index contributed by atoms with van der Waals surface area (Å²) in [5, 5.41) is 19.4. The lowest BCUT2D eigenvalue weighted by atomic mass is 9.87. The van der Waals surface area contributed by atoms with E-state index in [1.807, 2.05) is 0 Å². The standard InChI is InChI=1S/C15H30N2O2/c1-15(2)5-4-13(14(15)19)12-17-7-3-6-16(8-9-17)10-11-18/h13-14,18-19H,3-12H2,1-2H3. The van der Waals surface area contributed by atoms with Crippen molar-refractivity contribution in [2.75, 3.05) is 45.9 Å². The smallest absolute Gasteiger partial charge is 0.0631 e. The summed E-state index contributed by atoms with van der Waals surface area (Å²) in [7, 11) is 0. The van der Waals surface area contributed by atoms with E-state index in [2.05, 4.69) is 23.6 Å². The SMILES string of the molecule is CC1(C)CCC(CN2CCCN(CCO)CC2)C1O. The molecule has 0 aromatic rings. The van der Waals surface area contributed by atoms with Crippen molar-refractivity contribution in [1.82, 2.24) is 9.80 Å². The normalized spacial score (nSPS) is 33.5. The summed E-state index contributed by atoms with van der Waals surface area (Å²) < 4.78 is 0. The van der Waals surface area contributed by atoms with E-state index < -0.39 is 0 Å². The molecule has 0 aromatic carbocycles. The van der Waals surface area contributed by atoms with Crippen LogP contribution in [0.2, 0.25) is 0 Å². The highest BCUT2D eigenvalue weighted by molar-refractivity contribution is 4.92. The largest absolute Gasteiger partial charge is 0.395 e. The Bertz CT molecular complexity index is 283. The summed E-state index contributed by atoms with van der Waals surface area (Å²) in [4.78, 5) is 4.85. The number of rotatable bonds is 4. The molecule has 2 rings (SSSR count). The topological polar surface area (TPSA) is 46.9 Å².